The summed E-state index contributed by atoms with van der Waals surface area (Å²) in [6.45, 7) is 8.42. The van der Waals surface area contributed by atoms with Crippen molar-refractivity contribution >= 4 is 0 Å². The van der Waals surface area contributed by atoms with Crippen molar-refractivity contribution in [2.24, 2.45) is 0 Å². The molecule has 0 saturated carbocycles. The van der Waals surface area contributed by atoms with Crippen LogP contribution in [0.1, 0.15) is 33.3 Å². The minimum atomic E-state index is -0.991. The summed E-state index contributed by atoms with van der Waals surface area (Å²) in [6, 6.07) is 5.44. The van der Waals surface area contributed by atoms with E-state index in [2.05, 4.69) is 26.1 Å². The second-order valence-corrected chi connectivity index (χ2v) is 5.98. The van der Waals surface area contributed by atoms with Gasteiger partial charge in [-0.2, -0.15) is 0 Å². The molecule has 0 spiro atoms. The molecule has 19 heavy (non-hydrogen) atoms. The highest BCUT2D eigenvalue weighted by atomic mass is 16.5. The molecule has 4 nitrogen and oxygen atoms in total. The Kier molecular flexibility index (Phi) is 4.82. The lowest BCUT2D eigenvalue weighted by atomic mass is 9.94. The molecular formula is C15H25NO3. The van der Waals surface area contributed by atoms with Crippen molar-refractivity contribution in [3.8, 4) is 11.5 Å². The highest BCUT2D eigenvalue weighted by Crippen LogP contribution is 2.29. The molecule has 0 amide bonds. The normalized spacial score (nSPS) is 14.9. The molecule has 0 bridgehead atoms. The first-order valence-electron chi connectivity index (χ1n) is 6.39. The van der Waals surface area contributed by atoms with Crippen LogP contribution in [0.2, 0.25) is 0 Å². The lowest BCUT2D eigenvalue weighted by Crippen LogP contribution is -2.44. The molecule has 4 heteroatoms. The van der Waals surface area contributed by atoms with E-state index in [9.17, 15) is 5.11 Å². The number of hydrogen-bond donors (Lipinski definition) is 2. The van der Waals surface area contributed by atoms with Crippen LogP contribution in [0, 0.1) is 0 Å². The van der Waals surface area contributed by atoms with Crippen LogP contribution in [0.4, 0.5) is 0 Å². The van der Waals surface area contributed by atoms with E-state index in [1.807, 2.05) is 12.1 Å². The van der Waals surface area contributed by atoms with E-state index in [1.54, 1.807) is 27.2 Å². The highest BCUT2D eigenvalue weighted by molar-refractivity contribution is 5.40. The molecule has 1 aromatic rings. The topological polar surface area (TPSA) is 50.7 Å². The zero-order valence-corrected chi connectivity index (χ0v) is 12.7. The van der Waals surface area contributed by atoms with E-state index >= 15 is 0 Å². The maximum Gasteiger partial charge on any atom is 0.122 e. The molecule has 2 N–H and O–H groups in total. The van der Waals surface area contributed by atoms with E-state index in [0.29, 0.717) is 18.0 Å². The summed E-state index contributed by atoms with van der Waals surface area (Å²) < 4.78 is 10.5. The molecule has 1 rings (SSSR count). The van der Waals surface area contributed by atoms with Gasteiger partial charge >= 0.3 is 0 Å². The largest absolute Gasteiger partial charge is 0.497 e. The fourth-order valence-electron chi connectivity index (χ4n) is 1.66. The summed E-state index contributed by atoms with van der Waals surface area (Å²) in [5.41, 5.74) is -0.275. The molecule has 0 saturated heterocycles. The SMILES string of the molecule is COc1cc(OC)cc(C(C)(O)CNC(C)(C)C)c1. The van der Waals surface area contributed by atoms with E-state index in [-0.39, 0.29) is 5.54 Å². The van der Waals surface area contributed by atoms with Crippen LogP contribution in [-0.2, 0) is 5.60 Å². The minimum absolute atomic E-state index is 0.0487. The fraction of sp³-hybridized carbons (Fsp3) is 0.600. The van der Waals surface area contributed by atoms with Crippen LogP contribution in [0.25, 0.3) is 0 Å². The fourth-order valence-corrected chi connectivity index (χ4v) is 1.66. The Balaban J connectivity index is 2.99. The van der Waals surface area contributed by atoms with E-state index in [1.165, 1.54) is 0 Å². The summed E-state index contributed by atoms with van der Waals surface area (Å²) in [7, 11) is 3.20. The molecule has 0 aliphatic rings. The number of nitrogens with one attached hydrogen (secondary N) is 1. The lowest BCUT2D eigenvalue weighted by molar-refractivity contribution is 0.0497. The first kappa shape index (κ1) is 15.8. The van der Waals surface area contributed by atoms with Crippen molar-refractivity contribution in [3.05, 3.63) is 23.8 Å². The zero-order chi connectivity index (χ0) is 14.7. The molecule has 0 heterocycles. The number of methoxy groups -OCH3 is 2. The van der Waals surface area contributed by atoms with E-state index in [4.69, 9.17) is 9.47 Å². The second kappa shape index (κ2) is 5.80. The van der Waals surface area contributed by atoms with Crippen molar-refractivity contribution in [3.63, 3.8) is 0 Å². The maximum atomic E-state index is 10.6. The van der Waals surface area contributed by atoms with Gasteiger partial charge in [-0.3, -0.25) is 0 Å². The Morgan fingerprint density at radius 1 is 1.00 bits per heavy atom. The average Bonchev–Trinajstić information content (AvgIpc) is 2.35. The Labute approximate surface area is 115 Å². The average molecular weight is 267 g/mol. The molecule has 1 aromatic carbocycles. The number of aliphatic hydroxyl groups is 1. The summed E-state index contributed by atoms with van der Waals surface area (Å²) in [4.78, 5) is 0. The van der Waals surface area contributed by atoms with Crippen molar-refractivity contribution in [2.45, 2.75) is 38.8 Å². The van der Waals surface area contributed by atoms with Crippen LogP contribution < -0.4 is 14.8 Å². The van der Waals surface area contributed by atoms with Gasteiger partial charge in [-0.25, -0.2) is 0 Å². The molecular weight excluding hydrogens is 242 g/mol. The van der Waals surface area contributed by atoms with Crippen LogP contribution in [0.5, 0.6) is 11.5 Å². The second-order valence-electron chi connectivity index (χ2n) is 5.98. The van der Waals surface area contributed by atoms with Gasteiger partial charge in [0.05, 0.1) is 19.8 Å². The van der Waals surface area contributed by atoms with Gasteiger partial charge in [0, 0.05) is 18.2 Å². The maximum absolute atomic E-state index is 10.6. The van der Waals surface area contributed by atoms with Crippen molar-refractivity contribution < 1.29 is 14.6 Å². The van der Waals surface area contributed by atoms with Crippen LogP contribution in [0.3, 0.4) is 0 Å². The number of rotatable bonds is 5. The predicted octanol–water partition coefficient (Wildman–Crippen LogP) is 2.30. The standard InChI is InChI=1S/C15H25NO3/c1-14(2,3)16-10-15(4,17)11-7-12(18-5)9-13(8-11)19-6/h7-9,16-17H,10H2,1-6H3. The lowest BCUT2D eigenvalue weighted by Gasteiger charge is -2.30. The third-order valence-electron chi connectivity index (χ3n) is 2.94. The Morgan fingerprint density at radius 2 is 1.47 bits per heavy atom. The molecule has 1 unspecified atom stereocenters. The molecule has 108 valence electrons. The molecule has 0 fully saturated rings. The van der Waals surface area contributed by atoms with Crippen molar-refractivity contribution in [2.75, 3.05) is 20.8 Å². The van der Waals surface area contributed by atoms with Gasteiger partial charge in [-0.05, 0) is 45.4 Å². The monoisotopic (exact) mass is 267 g/mol. The summed E-state index contributed by atoms with van der Waals surface area (Å²) in [6.07, 6.45) is 0. The summed E-state index contributed by atoms with van der Waals surface area (Å²) in [5.74, 6) is 1.34. The number of β-amino-alcohol motifs (C(OH)–C–C–N with tert-alkyl or cyclic N) is 1. The van der Waals surface area contributed by atoms with Crippen LogP contribution in [-0.4, -0.2) is 31.4 Å². The van der Waals surface area contributed by atoms with E-state index in [0.717, 1.165) is 5.56 Å². The number of benzene rings is 1. The molecule has 0 aromatic heterocycles. The molecule has 0 radical (unpaired) electrons. The van der Waals surface area contributed by atoms with E-state index < -0.39 is 5.60 Å². The highest BCUT2D eigenvalue weighted by Gasteiger charge is 2.26. The first-order valence-corrected chi connectivity index (χ1v) is 6.39. The number of ether oxygens (including phenoxy) is 2. The first-order chi connectivity index (χ1) is 8.68. The van der Waals surface area contributed by atoms with Gasteiger partial charge < -0.3 is 19.9 Å². The molecule has 0 aliphatic carbocycles. The number of hydrogen-bond acceptors (Lipinski definition) is 4. The quantitative estimate of drug-likeness (QED) is 0.859. The van der Waals surface area contributed by atoms with Gasteiger partial charge in [0.15, 0.2) is 0 Å². The van der Waals surface area contributed by atoms with Crippen LogP contribution in [0.15, 0.2) is 18.2 Å². The zero-order valence-electron chi connectivity index (χ0n) is 12.7. The van der Waals surface area contributed by atoms with Gasteiger partial charge in [0.25, 0.3) is 0 Å². The van der Waals surface area contributed by atoms with Gasteiger partial charge in [0.2, 0.25) is 0 Å². The minimum Gasteiger partial charge on any atom is -0.497 e. The summed E-state index contributed by atoms with van der Waals surface area (Å²) >= 11 is 0. The van der Waals surface area contributed by atoms with Gasteiger partial charge in [-0.15, -0.1) is 0 Å². The third-order valence-corrected chi connectivity index (χ3v) is 2.94. The predicted molar refractivity (Wildman–Crippen MR) is 76.9 cm³/mol. The third kappa shape index (κ3) is 4.73. The molecule has 1 atom stereocenters. The Bertz CT molecular complexity index is 400. The molecule has 0 aliphatic heterocycles. The Hall–Kier alpha value is -1.26. The summed E-state index contributed by atoms with van der Waals surface area (Å²) in [5, 5.41) is 13.9. The Morgan fingerprint density at radius 3 is 1.84 bits per heavy atom. The van der Waals surface area contributed by atoms with Gasteiger partial charge in [-0.1, -0.05) is 0 Å². The van der Waals surface area contributed by atoms with Gasteiger partial charge in [0.1, 0.15) is 11.5 Å². The van der Waals surface area contributed by atoms with Crippen molar-refractivity contribution in [1.82, 2.24) is 5.32 Å². The van der Waals surface area contributed by atoms with Crippen molar-refractivity contribution in [1.29, 1.82) is 0 Å². The smallest absolute Gasteiger partial charge is 0.122 e. The van der Waals surface area contributed by atoms with Crippen LogP contribution >= 0.6 is 0 Å².